The molecule has 1 fully saturated rings. The van der Waals surface area contributed by atoms with Gasteiger partial charge in [0.1, 0.15) is 0 Å². The van der Waals surface area contributed by atoms with Gasteiger partial charge in [-0.25, -0.2) is 0 Å². The number of amides is 1. The van der Waals surface area contributed by atoms with Crippen LogP contribution < -0.4 is 14.8 Å². The van der Waals surface area contributed by atoms with Gasteiger partial charge in [0.25, 0.3) is 0 Å². The van der Waals surface area contributed by atoms with Crippen molar-refractivity contribution in [1.82, 2.24) is 4.90 Å². The number of carbonyl (C=O) groups excluding carboxylic acids is 1. The zero-order valence-corrected chi connectivity index (χ0v) is 21.8. The van der Waals surface area contributed by atoms with E-state index in [1.807, 2.05) is 0 Å². The second kappa shape index (κ2) is 10.4. The lowest BCUT2D eigenvalue weighted by molar-refractivity contribution is -0.117. The molecule has 2 aliphatic heterocycles. The molecule has 188 valence electrons. The summed E-state index contributed by atoms with van der Waals surface area (Å²) < 4.78 is 11.3. The summed E-state index contributed by atoms with van der Waals surface area (Å²) in [6.45, 7) is 9.92. The van der Waals surface area contributed by atoms with Crippen LogP contribution in [0.15, 0.2) is 54.6 Å². The molecule has 2 atom stereocenters. The lowest BCUT2D eigenvalue weighted by Gasteiger charge is -2.25. The monoisotopic (exact) mass is 484 g/mol. The number of hydrogen-bond acceptors (Lipinski definition) is 4. The Kier molecular flexibility index (Phi) is 7.01. The normalized spacial score (nSPS) is 19.0. The van der Waals surface area contributed by atoms with E-state index in [0.29, 0.717) is 12.5 Å². The first-order chi connectivity index (χ1) is 17.5. The van der Waals surface area contributed by atoms with Crippen molar-refractivity contribution in [3.05, 3.63) is 88.0 Å². The number of nitrogens with one attached hydrogen (secondary N) is 1. The van der Waals surface area contributed by atoms with Crippen LogP contribution in [0.1, 0.15) is 65.6 Å². The Morgan fingerprint density at radius 2 is 1.69 bits per heavy atom. The molecule has 5 nitrogen and oxygen atoms in total. The van der Waals surface area contributed by atoms with Crippen LogP contribution in [-0.4, -0.2) is 30.7 Å². The summed E-state index contributed by atoms with van der Waals surface area (Å²) in [7, 11) is 0. The molecule has 0 bridgehead atoms. The Labute approximate surface area is 214 Å². The number of likely N-dealkylation sites (tertiary alicyclic amines) is 1. The van der Waals surface area contributed by atoms with E-state index in [0.717, 1.165) is 48.6 Å². The molecule has 0 aromatic heterocycles. The molecule has 0 spiro atoms. The zero-order valence-electron chi connectivity index (χ0n) is 21.8. The van der Waals surface area contributed by atoms with Crippen molar-refractivity contribution in [2.24, 2.45) is 0 Å². The summed E-state index contributed by atoms with van der Waals surface area (Å²) in [5.74, 6) is 2.04. The van der Waals surface area contributed by atoms with Gasteiger partial charge in [0.2, 0.25) is 12.7 Å². The fourth-order valence-corrected chi connectivity index (χ4v) is 5.67. The van der Waals surface area contributed by atoms with Crippen molar-refractivity contribution in [2.45, 2.75) is 58.9 Å². The van der Waals surface area contributed by atoms with Crippen molar-refractivity contribution in [2.75, 3.05) is 25.2 Å². The molecular weight excluding hydrogens is 448 g/mol. The number of hydrogen-bond donors (Lipinski definition) is 1. The van der Waals surface area contributed by atoms with Crippen molar-refractivity contribution in [3.8, 4) is 11.5 Å². The van der Waals surface area contributed by atoms with E-state index in [4.69, 9.17) is 9.47 Å². The Bertz CT molecular complexity index is 1230. The molecule has 1 unspecified atom stereocenters. The van der Waals surface area contributed by atoms with Gasteiger partial charge in [-0.1, -0.05) is 67.9 Å². The first kappa shape index (κ1) is 24.4. The molecule has 1 N–H and O–H groups in total. The number of nitrogens with zero attached hydrogens (tertiary/aromatic N) is 1. The molecule has 3 aromatic carbocycles. The second-order valence-electron chi connectivity index (χ2n) is 10.1. The number of ether oxygens (including phenoxy) is 2. The number of anilines is 1. The molecule has 1 saturated heterocycles. The molecule has 0 radical (unpaired) electrons. The quantitative estimate of drug-likeness (QED) is 0.426. The largest absolute Gasteiger partial charge is 0.454 e. The minimum Gasteiger partial charge on any atom is -0.454 e. The summed E-state index contributed by atoms with van der Waals surface area (Å²) in [6.07, 6.45) is 2.75. The topological polar surface area (TPSA) is 50.8 Å². The lowest BCUT2D eigenvalue weighted by Crippen LogP contribution is -2.33. The molecule has 3 aromatic rings. The predicted octanol–water partition coefficient (Wildman–Crippen LogP) is 6.33. The highest BCUT2D eigenvalue weighted by Gasteiger charge is 2.36. The van der Waals surface area contributed by atoms with E-state index in [9.17, 15) is 4.79 Å². The maximum atomic E-state index is 13.4. The van der Waals surface area contributed by atoms with E-state index in [2.05, 4.69) is 92.5 Å². The number of fused-ring (bicyclic) bond motifs is 1. The first-order valence-corrected chi connectivity index (χ1v) is 13.1. The summed E-state index contributed by atoms with van der Waals surface area (Å²) in [6, 6.07) is 19.6. The SMILES string of the molecule is CCc1cccc(CC)c1NC(=O)CN1CC(c2cc(C)c3c(c2)OCO3)C[C@@H]1c1ccc(C)cc1. The highest BCUT2D eigenvalue weighted by Crippen LogP contribution is 2.44. The van der Waals surface area contributed by atoms with Crippen LogP contribution in [0.4, 0.5) is 5.69 Å². The maximum Gasteiger partial charge on any atom is 0.238 e. The van der Waals surface area contributed by atoms with Gasteiger partial charge < -0.3 is 14.8 Å². The number of carbonyl (C=O) groups is 1. The van der Waals surface area contributed by atoms with Crippen molar-refractivity contribution in [3.63, 3.8) is 0 Å². The number of benzene rings is 3. The minimum absolute atomic E-state index is 0.0465. The average Bonchev–Trinajstić information content (AvgIpc) is 3.52. The molecule has 2 aliphatic rings. The second-order valence-corrected chi connectivity index (χ2v) is 10.1. The third kappa shape index (κ3) is 4.85. The number of para-hydroxylation sites is 1. The smallest absolute Gasteiger partial charge is 0.238 e. The fourth-order valence-electron chi connectivity index (χ4n) is 5.67. The number of rotatable bonds is 7. The third-order valence-corrected chi connectivity index (χ3v) is 7.63. The molecule has 5 heteroatoms. The highest BCUT2D eigenvalue weighted by atomic mass is 16.7. The first-order valence-electron chi connectivity index (χ1n) is 13.1. The van der Waals surface area contributed by atoms with Crippen LogP contribution in [-0.2, 0) is 17.6 Å². The molecule has 0 aliphatic carbocycles. The van der Waals surface area contributed by atoms with E-state index in [-0.39, 0.29) is 18.7 Å². The van der Waals surface area contributed by atoms with E-state index < -0.39 is 0 Å². The standard InChI is InChI=1S/C31H36N2O3/c1-5-22-8-7-9-23(6-2)30(22)32-29(34)18-33-17-26(15-27(33)24-12-10-20(3)11-13-24)25-14-21(4)31-28(16-25)35-19-36-31/h7-14,16,26-27H,5-6,15,17-19H2,1-4H3,(H,32,34)/t26?,27-/m1/s1. The van der Waals surface area contributed by atoms with Crippen molar-refractivity contribution >= 4 is 11.6 Å². The summed E-state index contributed by atoms with van der Waals surface area (Å²) in [5, 5.41) is 3.27. The molecule has 0 saturated carbocycles. The number of aryl methyl sites for hydroxylation is 4. The third-order valence-electron chi connectivity index (χ3n) is 7.63. The van der Waals surface area contributed by atoms with Gasteiger partial charge in [0, 0.05) is 18.3 Å². The fraction of sp³-hybridized carbons (Fsp3) is 0.387. The summed E-state index contributed by atoms with van der Waals surface area (Å²) >= 11 is 0. The van der Waals surface area contributed by atoms with Crippen LogP contribution in [0.5, 0.6) is 11.5 Å². The van der Waals surface area contributed by atoms with Crippen LogP contribution in [0.3, 0.4) is 0 Å². The molecular formula is C31H36N2O3. The van der Waals surface area contributed by atoms with Gasteiger partial charge in [-0.3, -0.25) is 9.69 Å². The van der Waals surface area contributed by atoms with Crippen molar-refractivity contribution < 1.29 is 14.3 Å². The van der Waals surface area contributed by atoms with E-state index >= 15 is 0 Å². The lowest BCUT2D eigenvalue weighted by atomic mass is 9.92. The molecule has 2 heterocycles. The van der Waals surface area contributed by atoms with Crippen molar-refractivity contribution in [1.29, 1.82) is 0 Å². The van der Waals surface area contributed by atoms with Crippen LogP contribution >= 0.6 is 0 Å². The molecule has 36 heavy (non-hydrogen) atoms. The van der Waals surface area contributed by atoms with E-state index in [1.165, 1.54) is 27.8 Å². The minimum atomic E-state index is 0.0465. The highest BCUT2D eigenvalue weighted by molar-refractivity contribution is 5.94. The van der Waals surface area contributed by atoms with Gasteiger partial charge in [-0.05, 0) is 72.9 Å². The van der Waals surface area contributed by atoms with Crippen LogP contribution in [0.25, 0.3) is 0 Å². The Balaban J connectivity index is 1.40. The molecule has 1 amide bonds. The van der Waals surface area contributed by atoms with Gasteiger partial charge >= 0.3 is 0 Å². The van der Waals surface area contributed by atoms with Gasteiger partial charge in [0.15, 0.2) is 11.5 Å². The summed E-state index contributed by atoms with van der Waals surface area (Å²) in [4.78, 5) is 15.7. The Morgan fingerprint density at radius 1 is 0.972 bits per heavy atom. The van der Waals surface area contributed by atoms with Gasteiger partial charge in [-0.2, -0.15) is 0 Å². The summed E-state index contributed by atoms with van der Waals surface area (Å²) in [5.41, 5.74) is 8.22. The van der Waals surface area contributed by atoms with Crippen LogP contribution in [0.2, 0.25) is 0 Å². The van der Waals surface area contributed by atoms with Gasteiger partial charge in [-0.15, -0.1) is 0 Å². The Morgan fingerprint density at radius 3 is 2.39 bits per heavy atom. The maximum absolute atomic E-state index is 13.4. The predicted molar refractivity (Wildman–Crippen MR) is 144 cm³/mol. The molecule has 5 rings (SSSR count). The Hall–Kier alpha value is -3.31. The van der Waals surface area contributed by atoms with Crippen LogP contribution in [0, 0.1) is 13.8 Å². The average molecular weight is 485 g/mol. The zero-order chi connectivity index (χ0) is 25.2. The van der Waals surface area contributed by atoms with Gasteiger partial charge in [0.05, 0.1) is 6.54 Å². The van der Waals surface area contributed by atoms with E-state index in [1.54, 1.807) is 0 Å².